The number of hydrogen-bond acceptors (Lipinski definition) is 1. The van der Waals surface area contributed by atoms with E-state index in [9.17, 15) is 0 Å². The molecule has 1 saturated heterocycles. The summed E-state index contributed by atoms with van der Waals surface area (Å²) in [4.78, 5) is 0. The molecule has 0 unspecified atom stereocenters. The van der Waals surface area contributed by atoms with Gasteiger partial charge < -0.3 is 9.22 Å². The van der Waals surface area contributed by atoms with Gasteiger partial charge in [0.25, 0.3) is 0 Å². The van der Waals surface area contributed by atoms with Crippen molar-refractivity contribution in [1.82, 2.24) is 0 Å². The second-order valence-electron chi connectivity index (χ2n) is 9.21. The van der Waals surface area contributed by atoms with E-state index < -0.39 is 0 Å². The Kier molecular flexibility index (Phi) is 6.89. The van der Waals surface area contributed by atoms with E-state index in [1.54, 1.807) is 0 Å². The van der Waals surface area contributed by atoms with Crippen LogP contribution in [0.3, 0.4) is 0 Å². The Bertz CT molecular complexity index is 996. The molecule has 0 N–H and O–H groups in total. The number of likely N-dealkylation sites (tertiary alicyclic amines) is 1. The zero-order valence-corrected chi connectivity index (χ0v) is 18.9. The number of quaternary nitrogens is 1. The van der Waals surface area contributed by atoms with Gasteiger partial charge in [-0.3, -0.25) is 0 Å². The molecule has 3 aromatic carbocycles. The van der Waals surface area contributed by atoms with Crippen LogP contribution < -0.4 is 4.74 Å². The van der Waals surface area contributed by atoms with Gasteiger partial charge in [-0.05, 0) is 55.0 Å². The molecule has 0 aromatic heterocycles. The molecule has 1 aliphatic heterocycles. The first-order chi connectivity index (χ1) is 15.1. The fourth-order valence-corrected chi connectivity index (χ4v) is 4.36. The third-order valence-corrected chi connectivity index (χ3v) is 6.29. The van der Waals surface area contributed by atoms with E-state index in [0.29, 0.717) is 6.61 Å². The van der Waals surface area contributed by atoms with Crippen molar-refractivity contribution in [1.29, 1.82) is 0 Å². The molecule has 0 aliphatic carbocycles. The highest BCUT2D eigenvalue weighted by molar-refractivity contribution is 5.70. The van der Waals surface area contributed by atoms with Crippen molar-refractivity contribution in [3.05, 3.63) is 101 Å². The Morgan fingerprint density at radius 1 is 0.774 bits per heavy atom. The van der Waals surface area contributed by atoms with Gasteiger partial charge in [0.05, 0.1) is 20.1 Å². The minimum Gasteiger partial charge on any atom is -0.489 e. The first-order valence-electron chi connectivity index (χ1n) is 11.5. The summed E-state index contributed by atoms with van der Waals surface area (Å²) >= 11 is 0. The number of rotatable bonds is 7. The SMILES string of the molecule is Cc1ccc(COc2cccc(C=Cc3ccc(C[N+]4(C)CCCCC4)cc3)c2)cc1. The fraction of sp³-hybridized carbons (Fsp3) is 0.310. The molecule has 1 fully saturated rings. The van der Waals surface area contributed by atoms with Gasteiger partial charge in [-0.15, -0.1) is 0 Å². The predicted molar refractivity (Wildman–Crippen MR) is 131 cm³/mol. The average Bonchev–Trinajstić information content (AvgIpc) is 2.79. The smallest absolute Gasteiger partial charge is 0.120 e. The molecule has 4 rings (SSSR count). The van der Waals surface area contributed by atoms with Crippen molar-refractivity contribution in [2.24, 2.45) is 0 Å². The first kappa shape index (κ1) is 21.4. The lowest BCUT2D eigenvalue weighted by Gasteiger charge is -2.37. The Morgan fingerprint density at radius 3 is 2.19 bits per heavy atom. The van der Waals surface area contributed by atoms with Crippen molar-refractivity contribution < 1.29 is 9.22 Å². The summed E-state index contributed by atoms with van der Waals surface area (Å²) in [6.07, 6.45) is 8.47. The van der Waals surface area contributed by atoms with E-state index in [0.717, 1.165) is 17.9 Å². The Labute approximate surface area is 187 Å². The molecule has 0 radical (unpaired) electrons. The lowest BCUT2D eigenvalue weighted by Crippen LogP contribution is -2.46. The predicted octanol–water partition coefficient (Wildman–Crippen LogP) is 6.87. The highest BCUT2D eigenvalue weighted by Crippen LogP contribution is 2.21. The maximum atomic E-state index is 5.99. The van der Waals surface area contributed by atoms with Crippen molar-refractivity contribution in [2.75, 3.05) is 20.1 Å². The van der Waals surface area contributed by atoms with Crippen LogP contribution in [0.4, 0.5) is 0 Å². The number of hydrogen-bond donors (Lipinski definition) is 0. The Hall–Kier alpha value is -2.84. The fourth-order valence-electron chi connectivity index (χ4n) is 4.36. The van der Waals surface area contributed by atoms with Crippen LogP contribution in [-0.2, 0) is 13.2 Å². The van der Waals surface area contributed by atoms with Gasteiger partial charge in [0, 0.05) is 5.56 Å². The van der Waals surface area contributed by atoms with E-state index in [2.05, 4.69) is 92.9 Å². The normalized spacial score (nSPS) is 15.8. The number of aryl methyl sites for hydroxylation is 1. The monoisotopic (exact) mass is 412 g/mol. The van der Waals surface area contributed by atoms with Gasteiger partial charge in [0.15, 0.2) is 0 Å². The van der Waals surface area contributed by atoms with Crippen LogP contribution in [0.2, 0.25) is 0 Å². The zero-order valence-electron chi connectivity index (χ0n) is 18.9. The molecule has 1 heterocycles. The molecule has 0 spiro atoms. The Balaban J connectivity index is 1.34. The molecular formula is C29H34NO+. The van der Waals surface area contributed by atoms with Crippen molar-refractivity contribution in [2.45, 2.75) is 39.3 Å². The molecular weight excluding hydrogens is 378 g/mol. The van der Waals surface area contributed by atoms with Gasteiger partial charge in [-0.25, -0.2) is 0 Å². The topological polar surface area (TPSA) is 9.23 Å². The summed E-state index contributed by atoms with van der Waals surface area (Å²) in [5.41, 5.74) is 6.28. The van der Waals surface area contributed by atoms with Crippen LogP contribution in [0.15, 0.2) is 72.8 Å². The minimum atomic E-state index is 0.590. The van der Waals surface area contributed by atoms with E-state index in [1.165, 1.54) is 59.1 Å². The number of nitrogens with zero attached hydrogens (tertiary/aromatic N) is 1. The molecule has 160 valence electrons. The largest absolute Gasteiger partial charge is 0.489 e. The zero-order chi connectivity index (χ0) is 21.5. The van der Waals surface area contributed by atoms with Gasteiger partial charge in [-0.2, -0.15) is 0 Å². The summed E-state index contributed by atoms with van der Waals surface area (Å²) < 4.78 is 7.17. The lowest BCUT2D eigenvalue weighted by atomic mass is 10.1. The lowest BCUT2D eigenvalue weighted by molar-refractivity contribution is -0.926. The molecule has 0 saturated carbocycles. The van der Waals surface area contributed by atoms with Crippen LogP contribution >= 0.6 is 0 Å². The van der Waals surface area contributed by atoms with E-state index in [-0.39, 0.29) is 0 Å². The third kappa shape index (κ3) is 6.32. The van der Waals surface area contributed by atoms with Crippen LogP contribution in [0.1, 0.15) is 47.1 Å². The molecule has 31 heavy (non-hydrogen) atoms. The molecule has 0 atom stereocenters. The van der Waals surface area contributed by atoms with Crippen LogP contribution in [0.25, 0.3) is 12.2 Å². The molecule has 1 aliphatic rings. The molecule has 2 nitrogen and oxygen atoms in total. The molecule has 0 bridgehead atoms. The molecule has 3 aromatic rings. The standard InChI is InChI=1S/C29H34NO/c1-24-9-11-28(12-10-24)23-31-29-8-6-7-26(21-29)16-13-25-14-17-27(18-15-25)22-30(2)19-4-3-5-20-30/h6-18,21H,3-5,19-20,22-23H2,1-2H3/q+1. The number of piperidine rings is 1. The molecule has 2 heteroatoms. The van der Waals surface area contributed by atoms with Gasteiger partial charge >= 0.3 is 0 Å². The number of benzene rings is 3. The highest BCUT2D eigenvalue weighted by Gasteiger charge is 2.24. The first-order valence-corrected chi connectivity index (χ1v) is 11.5. The summed E-state index contributed by atoms with van der Waals surface area (Å²) in [6, 6.07) is 25.8. The van der Waals surface area contributed by atoms with E-state index >= 15 is 0 Å². The summed E-state index contributed by atoms with van der Waals surface area (Å²) in [7, 11) is 2.40. The maximum absolute atomic E-state index is 5.99. The maximum Gasteiger partial charge on any atom is 0.120 e. The summed E-state index contributed by atoms with van der Waals surface area (Å²) in [5.74, 6) is 0.900. The average molecular weight is 413 g/mol. The quantitative estimate of drug-likeness (QED) is 0.304. The molecule has 0 amide bonds. The Morgan fingerprint density at radius 2 is 1.45 bits per heavy atom. The number of ether oxygens (including phenoxy) is 1. The van der Waals surface area contributed by atoms with Gasteiger partial charge in [0.1, 0.15) is 18.9 Å². The summed E-state index contributed by atoms with van der Waals surface area (Å²) in [5, 5.41) is 0. The second-order valence-corrected chi connectivity index (χ2v) is 9.21. The van der Waals surface area contributed by atoms with Gasteiger partial charge in [-0.1, -0.05) is 78.4 Å². The van der Waals surface area contributed by atoms with Crippen molar-refractivity contribution in [3.8, 4) is 5.75 Å². The van der Waals surface area contributed by atoms with Crippen molar-refractivity contribution >= 4 is 12.2 Å². The summed E-state index contributed by atoms with van der Waals surface area (Å²) in [6.45, 7) is 6.45. The van der Waals surface area contributed by atoms with Crippen LogP contribution in [-0.4, -0.2) is 24.6 Å². The van der Waals surface area contributed by atoms with Crippen molar-refractivity contribution in [3.63, 3.8) is 0 Å². The highest BCUT2D eigenvalue weighted by atomic mass is 16.5. The van der Waals surface area contributed by atoms with Gasteiger partial charge in [0.2, 0.25) is 0 Å². The van der Waals surface area contributed by atoms with E-state index in [1.807, 2.05) is 6.07 Å². The van der Waals surface area contributed by atoms with Crippen LogP contribution in [0, 0.1) is 6.92 Å². The van der Waals surface area contributed by atoms with Crippen LogP contribution in [0.5, 0.6) is 5.75 Å². The minimum absolute atomic E-state index is 0.590. The van der Waals surface area contributed by atoms with E-state index in [4.69, 9.17) is 4.74 Å². The third-order valence-electron chi connectivity index (χ3n) is 6.29. The second kappa shape index (κ2) is 9.98.